The number of anilines is 2. The molecule has 1 aliphatic heterocycles. The molecule has 0 N–H and O–H groups in total. The molecule has 0 spiro atoms. The molecule has 2 aromatic carbocycles. The molecule has 0 unspecified atom stereocenters. The van der Waals surface area contributed by atoms with Crippen molar-refractivity contribution >= 4 is 34.9 Å². The lowest BCUT2D eigenvalue weighted by Crippen LogP contribution is -2.27. The van der Waals surface area contributed by atoms with Gasteiger partial charge in [-0.1, -0.05) is 36.0 Å². The van der Waals surface area contributed by atoms with Gasteiger partial charge in [0.1, 0.15) is 0 Å². The predicted molar refractivity (Wildman–Crippen MR) is 94.9 cm³/mol. The second kappa shape index (κ2) is 7.09. The summed E-state index contributed by atoms with van der Waals surface area (Å²) in [6.07, 6.45) is -0.459. The number of hydrogen-bond donors (Lipinski definition) is 0. The molecule has 0 aromatic heterocycles. The average molecular weight is 341 g/mol. The highest BCUT2D eigenvalue weighted by Crippen LogP contribution is 2.47. The molecule has 4 nitrogen and oxygen atoms in total. The average Bonchev–Trinajstić information content (AvgIpc) is 2.58. The van der Waals surface area contributed by atoms with Gasteiger partial charge in [0.25, 0.3) is 0 Å². The fourth-order valence-electron chi connectivity index (χ4n) is 2.56. The lowest BCUT2D eigenvalue weighted by atomic mass is 10.2. The molecule has 0 saturated heterocycles. The topological polar surface area (TPSA) is 46.6 Å². The lowest BCUT2D eigenvalue weighted by Gasteiger charge is -2.32. The maximum Gasteiger partial charge on any atom is 0.308 e. The van der Waals surface area contributed by atoms with E-state index in [9.17, 15) is 9.59 Å². The Morgan fingerprint density at radius 2 is 1.58 bits per heavy atom. The van der Waals surface area contributed by atoms with Crippen molar-refractivity contribution in [2.45, 2.75) is 36.2 Å². The number of para-hydroxylation sites is 2. The zero-order valence-electron chi connectivity index (χ0n) is 13.7. The monoisotopic (exact) mass is 341 g/mol. The molecule has 24 heavy (non-hydrogen) atoms. The van der Waals surface area contributed by atoms with Crippen molar-refractivity contribution in [2.75, 3.05) is 11.4 Å². The number of benzene rings is 2. The van der Waals surface area contributed by atoms with Gasteiger partial charge in [0.05, 0.1) is 17.8 Å². The first-order valence-corrected chi connectivity index (χ1v) is 8.71. The van der Waals surface area contributed by atoms with E-state index < -0.39 is 6.10 Å². The van der Waals surface area contributed by atoms with Gasteiger partial charge in [0.2, 0.25) is 0 Å². The van der Waals surface area contributed by atoms with Gasteiger partial charge in [0.15, 0.2) is 11.9 Å². The van der Waals surface area contributed by atoms with Crippen LogP contribution in [0.4, 0.5) is 11.4 Å². The summed E-state index contributed by atoms with van der Waals surface area (Å²) in [6.45, 7) is 3.53. The van der Waals surface area contributed by atoms with Crippen LogP contribution in [0.5, 0.6) is 0 Å². The SMILES string of the molecule is CC(=O)[C@H](C)OC(=O)CCN1c2ccccc2Sc2ccccc21. The number of fused-ring (bicyclic) bond motifs is 2. The second-order valence-electron chi connectivity index (χ2n) is 5.68. The predicted octanol–water partition coefficient (Wildman–Crippen LogP) is 4.20. The standard InChI is InChI=1S/C19H19NO3S/c1-13(21)14(2)23-19(22)11-12-20-15-7-3-5-9-17(15)24-18-10-6-4-8-16(18)20/h3-10,14H,11-12H2,1-2H3/t14-/m0/s1. The van der Waals surface area contributed by atoms with Gasteiger partial charge in [0, 0.05) is 16.3 Å². The third-order valence-electron chi connectivity index (χ3n) is 3.95. The molecule has 0 saturated carbocycles. The second-order valence-corrected chi connectivity index (χ2v) is 6.77. The van der Waals surface area contributed by atoms with E-state index in [4.69, 9.17) is 4.74 Å². The zero-order chi connectivity index (χ0) is 17.1. The number of Topliss-reactive ketones (excluding diaryl/α,β-unsaturated/α-hetero) is 1. The first kappa shape index (κ1) is 16.6. The van der Waals surface area contributed by atoms with Crippen LogP contribution >= 0.6 is 11.8 Å². The fourth-order valence-corrected chi connectivity index (χ4v) is 3.66. The number of ketones is 1. The van der Waals surface area contributed by atoms with Gasteiger partial charge in [-0.05, 0) is 38.1 Å². The van der Waals surface area contributed by atoms with Crippen molar-refractivity contribution < 1.29 is 14.3 Å². The summed E-state index contributed by atoms with van der Waals surface area (Å²) in [5.74, 6) is -0.501. The van der Waals surface area contributed by atoms with E-state index in [0.29, 0.717) is 6.54 Å². The minimum Gasteiger partial charge on any atom is -0.455 e. The van der Waals surface area contributed by atoms with Gasteiger partial charge < -0.3 is 9.64 Å². The third kappa shape index (κ3) is 3.46. The van der Waals surface area contributed by atoms with Gasteiger partial charge in [-0.3, -0.25) is 9.59 Å². The van der Waals surface area contributed by atoms with E-state index in [1.165, 1.54) is 16.7 Å². The first-order valence-electron chi connectivity index (χ1n) is 7.89. The summed E-state index contributed by atoms with van der Waals surface area (Å²) in [4.78, 5) is 27.7. The molecule has 0 fully saturated rings. The van der Waals surface area contributed by atoms with Crippen molar-refractivity contribution in [3.63, 3.8) is 0 Å². The van der Waals surface area contributed by atoms with E-state index in [2.05, 4.69) is 29.2 Å². The molecule has 3 rings (SSSR count). The van der Waals surface area contributed by atoms with Crippen molar-refractivity contribution in [1.29, 1.82) is 0 Å². The van der Waals surface area contributed by atoms with Crippen molar-refractivity contribution in [3.05, 3.63) is 48.5 Å². The Bertz CT molecular complexity index is 729. The van der Waals surface area contributed by atoms with E-state index in [1.807, 2.05) is 24.3 Å². The molecule has 5 heteroatoms. The molecule has 1 heterocycles. The van der Waals surface area contributed by atoms with Crippen LogP contribution in [0.25, 0.3) is 0 Å². The maximum atomic E-state index is 12.0. The number of carbonyl (C=O) groups excluding carboxylic acids is 2. The van der Waals surface area contributed by atoms with Crippen LogP contribution < -0.4 is 4.90 Å². The van der Waals surface area contributed by atoms with Crippen LogP contribution in [-0.4, -0.2) is 24.4 Å². The van der Waals surface area contributed by atoms with Crippen molar-refractivity contribution in [3.8, 4) is 0 Å². The molecule has 0 radical (unpaired) electrons. The molecule has 0 amide bonds. The minimum atomic E-state index is -0.686. The van der Waals surface area contributed by atoms with E-state index in [-0.39, 0.29) is 18.2 Å². The minimum absolute atomic E-state index is 0.145. The van der Waals surface area contributed by atoms with Gasteiger partial charge in [-0.15, -0.1) is 0 Å². The third-order valence-corrected chi connectivity index (χ3v) is 5.08. The molecule has 0 aliphatic carbocycles. The highest BCUT2D eigenvalue weighted by Gasteiger charge is 2.23. The van der Waals surface area contributed by atoms with E-state index >= 15 is 0 Å². The quantitative estimate of drug-likeness (QED) is 0.763. The Hall–Kier alpha value is -2.27. The van der Waals surface area contributed by atoms with Crippen molar-refractivity contribution in [1.82, 2.24) is 0 Å². The van der Waals surface area contributed by atoms with Gasteiger partial charge in [-0.2, -0.15) is 0 Å². The Kier molecular flexibility index (Phi) is 4.90. The van der Waals surface area contributed by atoms with Crippen LogP contribution in [0.1, 0.15) is 20.3 Å². The molecule has 0 bridgehead atoms. The summed E-state index contributed by atoms with van der Waals surface area (Å²) in [5, 5.41) is 0. The van der Waals surface area contributed by atoms with Gasteiger partial charge in [-0.25, -0.2) is 0 Å². The summed E-state index contributed by atoms with van der Waals surface area (Å²) in [5.41, 5.74) is 2.18. The molecule has 124 valence electrons. The molecule has 1 atom stereocenters. The number of ether oxygens (including phenoxy) is 1. The number of hydrogen-bond acceptors (Lipinski definition) is 5. The van der Waals surface area contributed by atoms with Crippen LogP contribution in [0.15, 0.2) is 58.3 Å². The smallest absolute Gasteiger partial charge is 0.308 e. The normalized spacial score (nSPS) is 13.7. The number of carbonyl (C=O) groups is 2. The Balaban J connectivity index is 1.78. The first-order chi connectivity index (χ1) is 11.6. The summed E-state index contributed by atoms with van der Waals surface area (Å²) >= 11 is 1.73. The van der Waals surface area contributed by atoms with E-state index in [0.717, 1.165) is 11.4 Å². The fraction of sp³-hybridized carbons (Fsp3) is 0.263. The van der Waals surface area contributed by atoms with Crippen LogP contribution in [0, 0.1) is 0 Å². The number of esters is 1. The summed E-state index contributed by atoms with van der Waals surface area (Å²) in [6, 6.07) is 16.3. The largest absolute Gasteiger partial charge is 0.455 e. The van der Waals surface area contributed by atoms with Crippen LogP contribution in [-0.2, 0) is 14.3 Å². The summed E-state index contributed by atoms with van der Waals surface area (Å²) in [7, 11) is 0. The Morgan fingerprint density at radius 3 is 2.12 bits per heavy atom. The highest BCUT2D eigenvalue weighted by atomic mass is 32.2. The van der Waals surface area contributed by atoms with Crippen LogP contribution in [0.2, 0.25) is 0 Å². The lowest BCUT2D eigenvalue weighted by molar-refractivity contribution is -0.153. The molecular formula is C19H19NO3S. The van der Waals surface area contributed by atoms with Crippen molar-refractivity contribution in [2.24, 2.45) is 0 Å². The van der Waals surface area contributed by atoms with Gasteiger partial charge >= 0.3 is 5.97 Å². The molecule has 1 aliphatic rings. The molecular weight excluding hydrogens is 322 g/mol. The van der Waals surface area contributed by atoms with Crippen LogP contribution in [0.3, 0.4) is 0 Å². The zero-order valence-corrected chi connectivity index (χ0v) is 14.5. The Morgan fingerprint density at radius 1 is 1.04 bits per heavy atom. The molecule has 2 aromatic rings. The summed E-state index contributed by atoms with van der Waals surface area (Å²) < 4.78 is 5.16. The number of nitrogens with zero attached hydrogens (tertiary/aromatic N) is 1. The number of rotatable bonds is 5. The maximum absolute atomic E-state index is 12.0. The van der Waals surface area contributed by atoms with E-state index in [1.54, 1.807) is 18.7 Å². The highest BCUT2D eigenvalue weighted by molar-refractivity contribution is 7.99. The Labute approximate surface area is 145 Å².